The summed E-state index contributed by atoms with van der Waals surface area (Å²) in [5, 5.41) is 3.54. The number of fused-ring (bicyclic) bond motifs is 8. The Morgan fingerprint density at radius 1 is 0.526 bits per heavy atom. The first-order valence-electron chi connectivity index (χ1n) is 20.9. The van der Waals surface area contributed by atoms with Crippen molar-refractivity contribution in [3.63, 3.8) is 0 Å². The number of nitrogens with zero attached hydrogens (tertiary/aromatic N) is 2. The zero-order valence-electron chi connectivity index (χ0n) is 32.8. The Bertz CT molecular complexity index is 2640. The largest absolute Gasteiger partial charge is 0.324 e. The average Bonchev–Trinajstić information content (AvgIpc) is 3.67. The van der Waals surface area contributed by atoms with Gasteiger partial charge in [0, 0.05) is 27.9 Å². The summed E-state index contributed by atoms with van der Waals surface area (Å²) in [5.74, 6) is 2.64. The molecule has 0 aromatic heterocycles. The van der Waals surface area contributed by atoms with E-state index >= 15 is 0 Å². The molecule has 0 radical (unpaired) electrons. The molecule has 3 unspecified atom stereocenters. The summed E-state index contributed by atoms with van der Waals surface area (Å²) in [6, 6.07) is 55.1. The fourth-order valence-electron chi connectivity index (χ4n) is 11.0. The van der Waals surface area contributed by atoms with Crippen LogP contribution >= 0.6 is 0 Å². The van der Waals surface area contributed by atoms with E-state index in [0.29, 0.717) is 11.8 Å². The minimum Gasteiger partial charge on any atom is -0.324 e. The van der Waals surface area contributed by atoms with E-state index in [0.717, 1.165) is 28.4 Å². The van der Waals surface area contributed by atoms with Crippen LogP contribution in [0.1, 0.15) is 97.0 Å². The van der Waals surface area contributed by atoms with Crippen molar-refractivity contribution in [2.45, 2.75) is 68.9 Å². The Morgan fingerprint density at radius 3 is 1.81 bits per heavy atom. The number of hydrogen-bond acceptors (Lipinski definition) is 3. The van der Waals surface area contributed by atoms with Crippen molar-refractivity contribution in [3.05, 3.63) is 208 Å². The van der Waals surface area contributed by atoms with Gasteiger partial charge in [0.2, 0.25) is 0 Å². The third kappa shape index (κ3) is 5.46. The maximum Gasteiger partial charge on any atom is 0.169 e. The second-order valence-electron chi connectivity index (χ2n) is 17.3. The van der Waals surface area contributed by atoms with Gasteiger partial charge in [-0.3, -0.25) is 0 Å². The van der Waals surface area contributed by atoms with E-state index < -0.39 is 0 Å². The van der Waals surface area contributed by atoms with Crippen LogP contribution in [-0.2, 0) is 10.8 Å². The van der Waals surface area contributed by atoms with E-state index in [4.69, 9.17) is 9.98 Å². The highest BCUT2D eigenvalue weighted by molar-refractivity contribution is 6.16. The molecule has 0 saturated heterocycles. The van der Waals surface area contributed by atoms with Crippen LogP contribution in [0.5, 0.6) is 0 Å². The quantitative estimate of drug-likeness (QED) is 0.188. The number of rotatable bonds is 5. The normalized spacial score (nSPS) is 22.2. The molecule has 57 heavy (non-hydrogen) atoms. The molecule has 1 heterocycles. The third-order valence-corrected chi connectivity index (χ3v) is 13.9. The van der Waals surface area contributed by atoms with E-state index in [-0.39, 0.29) is 17.0 Å². The van der Waals surface area contributed by atoms with Gasteiger partial charge in [-0.1, -0.05) is 197 Å². The van der Waals surface area contributed by atoms with Crippen molar-refractivity contribution in [3.8, 4) is 22.3 Å². The number of nitrogens with one attached hydrogen (secondary N) is 1. The zero-order chi connectivity index (χ0) is 38.1. The van der Waals surface area contributed by atoms with Gasteiger partial charge in [-0.05, 0) is 80.0 Å². The number of allylic oxidation sites excluding steroid dienone is 4. The van der Waals surface area contributed by atoms with Crippen LogP contribution in [0.15, 0.2) is 179 Å². The Morgan fingerprint density at radius 2 is 1.11 bits per heavy atom. The van der Waals surface area contributed by atoms with Gasteiger partial charge >= 0.3 is 0 Å². The third-order valence-electron chi connectivity index (χ3n) is 13.9. The molecule has 11 rings (SSSR count). The van der Waals surface area contributed by atoms with Gasteiger partial charge in [-0.25, -0.2) is 9.98 Å². The van der Waals surface area contributed by atoms with Gasteiger partial charge in [-0.15, -0.1) is 0 Å². The highest BCUT2D eigenvalue weighted by Gasteiger charge is 2.54. The van der Waals surface area contributed by atoms with Gasteiger partial charge in [0.25, 0.3) is 0 Å². The molecule has 3 atom stereocenters. The van der Waals surface area contributed by atoms with Gasteiger partial charge in [0.05, 0.1) is 0 Å². The molecule has 1 spiro atoms. The molecule has 1 saturated carbocycles. The lowest BCUT2D eigenvalue weighted by atomic mass is 9.62. The second-order valence-corrected chi connectivity index (χ2v) is 17.3. The summed E-state index contributed by atoms with van der Waals surface area (Å²) in [5.41, 5.74) is 17.5. The molecule has 0 bridgehead atoms. The number of benzene rings is 6. The smallest absolute Gasteiger partial charge is 0.169 e. The standard InChI is InChI=1S/C54H47N3/c1-53(2)46-22-14-20-41(49(46)44-34-48-43(33-47(44)53)42-19-10-11-21-45(42)54(48)31-12-5-13-32-54)37-27-23-35(24-28-37)36-25-29-40(30-26-36)52-56-50(38-15-6-3-7-16-38)55-51(57-52)39-17-8-4-9-18-39/h3-4,6-11,14-30,33-34,43,48,50H,5,12-13,31-32H2,1-2H3,(H,55,56,57). The van der Waals surface area contributed by atoms with Crippen molar-refractivity contribution in [1.29, 1.82) is 0 Å². The van der Waals surface area contributed by atoms with E-state index in [1.54, 1.807) is 11.1 Å². The second kappa shape index (κ2) is 13.3. The molecule has 3 nitrogen and oxygen atoms in total. The van der Waals surface area contributed by atoms with E-state index in [1.165, 1.54) is 76.6 Å². The number of aliphatic imine (C=N–C) groups is 2. The molecule has 1 N–H and O–H groups in total. The number of hydrogen-bond donors (Lipinski definition) is 1. The molecular formula is C54H47N3. The minimum atomic E-state index is -0.310. The van der Waals surface area contributed by atoms with Crippen LogP contribution in [0.25, 0.3) is 27.8 Å². The summed E-state index contributed by atoms with van der Waals surface area (Å²) in [6.45, 7) is 4.89. The first kappa shape index (κ1) is 34.2. The van der Waals surface area contributed by atoms with Gasteiger partial charge in [0.1, 0.15) is 11.7 Å². The lowest BCUT2D eigenvalue weighted by Gasteiger charge is -2.42. The maximum atomic E-state index is 5.08. The predicted octanol–water partition coefficient (Wildman–Crippen LogP) is 12.7. The zero-order valence-corrected chi connectivity index (χ0v) is 32.8. The topological polar surface area (TPSA) is 36.8 Å². The Hall–Kier alpha value is -6.06. The van der Waals surface area contributed by atoms with Gasteiger partial charge < -0.3 is 5.32 Å². The van der Waals surface area contributed by atoms with Gasteiger partial charge in [0.15, 0.2) is 6.17 Å². The lowest BCUT2D eigenvalue weighted by molar-refractivity contribution is 0.233. The first-order chi connectivity index (χ1) is 28.0. The van der Waals surface area contributed by atoms with Crippen molar-refractivity contribution in [2.75, 3.05) is 0 Å². The van der Waals surface area contributed by atoms with Crippen LogP contribution in [-0.4, -0.2) is 11.7 Å². The molecule has 5 aliphatic rings. The van der Waals surface area contributed by atoms with Crippen molar-refractivity contribution in [2.24, 2.45) is 15.9 Å². The fourth-order valence-corrected chi connectivity index (χ4v) is 11.0. The molecule has 0 amide bonds. The van der Waals surface area contributed by atoms with E-state index in [9.17, 15) is 0 Å². The highest BCUT2D eigenvalue weighted by atomic mass is 15.2. The van der Waals surface area contributed by atoms with E-state index in [1.807, 2.05) is 36.4 Å². The molecule has 1 fully saturated rings. The number of amidine groups is 2. The minimum absolute atomic E-state index is 0.0482. The molecule has 1 aliphatic heterocycles. The molecule has 6 aromatic rings. The summed E-state index contributed by atoms with van der Waals surface area (Å²) in [7, 11) is 0. The Labute approximate surface area is 336 Å². The average molecular weight is 738 g/mol. The maximum absolute atomic E-state index is 5.08. The highest BCUT2D eigenvalue weighted by Crippen LogP contribution is 2.64. The molecule has 4 aliphatic carbocycles. The van der Waals surface area contributed by atoms with Crippen LogP contribution in [0.3, 0.4) is 0 Å². The predicted molar refractivity (Wildman–Crippen MR) is 236 cm³/mol. The molecule has 278 valence electrons. The van der Waals surface area contributed by atoms with Crippen LogP contribution < -0.4 is 5.32 Å². The molecule has 6 aromatic carbocycles. The molecular weight excluding hydrogens is 691 g/mol. The lowest BCUT2D eigenvalue weighted by Crippen LogP contribution is -2.36. The Balaban J connectivity index is 0.910. The molecule has 3 heteroatoms. The summed E-state index contributed by atoms with van der Waals surface area (Å²) in [6.07, 6.45) is 11.8. The van der Waals surface area contributed by atoms with Crippen molar-refractivity contribution in [1.82, 2.24) is 5.32 Å². The van der Waals surface area contributed by atoms with Crippen molar-refractivity contribution >= 4 is 17.2 Å². The summed E-state index contributed by atoms with van der Waals surface area (Å²) in [4.78, 5) is 10.1. The summed E-state index contributed by atoms with van der Waals surface area (Å²) >= 11 is 0. The van der Waals surface area contributed by atoms with Crippen LogP contribution in [0, 0.1) is 5.92 Å². The van der Waals surface area contributed by atoms with E-state index in [2.05, 4.69) is 147 Å². The van der Waals surface area contributed by atoms with Crippen LogP contribution in [0.2, 0.25) is 0 Å². The van der Waals surface area contributed by atoms with Crippen LogP contribution in [0.4, 0.5) is 0 Å². The Kier molecular flexibility index (Phi) is 7.96. The van der Waals surface area contributed by atoms with Crippen molar-refractivity contribution < 1.29 is 0 Å². The first-order valence-corrected chi connectivity index (χ1v) is 20.9. The van der Waals surface area contributed by atoms with Gasteiger partial charge in [-0.2, -0.15) is 0 Å². The summed E-state index contributed by atoms with van der Waals surface area (Å²) < 4.78 is 0. The monoisotopic (exact) mass is 737 g/mol. The SMILES string of the molecule is CC1(C)C2=CC3c4ccccc4C4(CCCCC4)C3C=C2c2c(-c3ccc(-c4ccc(C5=NC(c6ccccc6)N=C(c6ccccc6)N5)cc4)cc3)cccc21. The fraction of sp³-hybridized carbons (Fsp3) is 0.222.